The molecule has 4 aromatic rings. The molecule has 0 radical (unpaired) electrons. The summed E-state index contributed by atoms with van der Waals surface area (Å²) in [7, 11) is 0. The summed E-state index contributed by atoms with van der Waals surface area (Å²) in [4.78, 5) is 24.0. The Labute approximate surface area is 182 Å². The minimum absolute atomic E-state index is 0.0186. The summed E-state index contributed by atoms with van der Waals surface area (Å²) in [6.45, 7) is 0. The number of carbonyl (C=O) groups is 2. The topological polar surface area (TPSA) is 132 Å². The number of nitrogens with one attached hydrogen (secondary N) is 1. The van der Waals surface area contributed by atoms with Crippen LogP contribution in [0.5, 0.6) is 11.5 Å². The van der Waals surface area contributed by atoms with Crippen molar-refractivity contribution in [3.8, 4) is 11.5 Å². The summed E-state index contributed by atoms with van der Waals surface area (Å²) in [5.41, 5.74) is 0.441. The van der Waals surface area contributed by atoms with Gasteiger partial charge in [-0.3, -0.25) is 4.79 Å². The Morgan fingerprint density at radius 3 is 2.28 bits per heavy atom. The van der Waals surface area contributed by atoms with Crippen molar-refractivity contribution in [1.82, 2.24) is 0 Å². The molecule has 158 valence electrons. The molecule has 0 bridgehead atoms. The molecule has 0 atom stereocenters. The van der Waals surface area contributed by atoms with Crippen LogP contribution < -0.4 is 5.32 Å². The molecule has 0 saturated heterocycles. The highest BCUT2D eigenvalue weighted by atomic mass is 16.4. The van der Waals surface area contributed by atoms with Gasteiger partial charge in [0, 0.05) is 16.6 Å². The number of amides is 1. The van der Waals surface area contributed by atoms with Crippen LogP contribution in [0.1, 0.15) is 20.7 Å². The lowest BCUT2D eigenvalue weighted by Crippen LogP contribution is -2.11. The molecule has 4 rings (SSSR count). The molecule has 0 aliphatic heterocycles. The van der Waals surface area contributed by atoms with Crippen LogP contribution in [0.3, 0.4) is 0 Å². The second kappa shape index (κ2) is 8.57. The molecule has 0 aliphatic rings. The number of para-hydroxylation sites is 1. The van der Waals surface area contributed by atoms with Crippen LogP contribution >= 0.6 is 0 Å². The van der Waals surface area contributed by atoms with E-state index >= 15 is 0 Å². The molecule has 0 aromatic heterocycles. The third kappa shape index (κ3) is 4.10. The Morgan fingerprint density at radius 1 is 0.812 bits per heavy atom. The first-order chi connectivity index (χ1) is 15.4. The van der Waals surface area contributed by atoms with Gasteiger partial charge in [0.05, 0.1) is 0 Å². The maximum absolute atomic E-state index is 12.5. The maximum Gasteiger partial charge on any atom is 0.339 e. The lowest BCUT2D eigenvalue weighted by atomic mass is 10.0. The van der Waals surface area contributed by atoms with E-state index in [-0.39, 0.29) is 28.3 Å². The van der Waals surface area contributed by atoms with E-state index in [4.69, 9.17) is 0 Å². The first-order valence-electron chi connectivity index (χ1n) is 9.53. The predicted octanol–water partition coefficient (Wildman–Crippen LogP) is 5.62. The van der Waals surface area contributed by atoms with Crippen molar-refractivity contribution >= 4 is 39.7 Å². The highest BCUT2D eigenvalue weighted by Gasteiger charge is 2.18. The summed E-state index contributed by atoms with van der Waals surface area (Å²) in [6.07, 6.45) is 0. The van der Waals surface area contributed by atoms with Crippen molar-refractivity contribution in [2.45, 2.75) is 0 Å². The molecule has 4 aromatic carbocycles. The minimum atomic E-state index is -1.31. The monoisotopic (exact) mass is 427 g/mol. The van der Waals surface area contributed by atoms with Crippen LogP contribution in [0.2, 0.25) is 0 Å². The highest BCUT2D eigenvalue weighted by molar-refractivity contribution is 6.05. The Hall–Kier alpha value is -4.72. The first-order valence-corrected chi connectivity index (χ1v) is 9.53. The van der Waals surface area contributed by atoms with Crippen LogP contribution in [-0.2, 0) is 0 Å². The van der Waals surface area contributed by atoms with E-state index in [9.17, 15) is 24.9 Å². The summed E-state index contributed by atoms with van der Waals surface area (Å²) in [5.74, 6) is -2.50. The molecular formula is C24H17N3O5. The van der Waals surface area contributed by atoms with Crippen LogP contribution in [0.15, 0.2) is 89.1 Å². The number of phenols is 2. The fourth-order valence-corrected chi connectivity index (χ4v) is 3.16. The number of azo groups is 1. The summed E-state index contributed by atoms with van der Waals surface area (Å²) >= 11 is 0. The average molecular weight is 427 g/mol. The smallest absolute Gasteiger partial charge is 0.339 e. The molecule has 0 saturated carbocycles. The molecule has 4 N–H and O–H groups in total. The zero-order chi connectivity index (χ0) is 22.7. The molecule has 8 heteroatoms. The summed E-state index contributed by atoms with van der Waals surface area (Å²) in [6, 6.07) is 21.1. The third-order valence-corrected chi connectivity index (χ3v) is 4.75. The number of anilines is 1. The van der Waals surface area contributed by atoms with Crippen LogP contribution in [0.4, 0.5) is 17.1 Å². The first kappa shape index (κ1) is 20.5. The normalized spacial score (nSPS) is 11.0. The number of fused-ring (bicyclic) bond motifs is 1. The van der Waals surface area contributed by atoms with Gasteiger partial charge in [-0.05, 0) is 41.8 Å². The van der Waals surface area contributed by atoms with Gasteiger partial charge in [-0.15, -0.1) is 10.2 Å². The van der Waals surface area contributed by atoms with E-state index in [2.05, 4.69) is 15.5 Å². The number of aromatic carboxylic acids is 1. The number of hydrogen-bond acceptors (Lipinski definition) is 6. The van der Waals surface area contributed by atoms with Crippen LogP contribution in [0, 0.1) is 0 Å². The number of carboxylic acids is 1. The number of phenolic OH excluding ortho intramolecular Hbond substituents is 1. The number of hydrogen-bond donors (Lipinski definition) is 4. The lowest BCUT2D eigenvalue weighted by Gasteiger charge is -2.08. The number of nitrogens with zero attached hydrogens (tertiary/aromatic N) is 2. The van der Waals surface area contributed by atoms with E-state index in [1.54, 1.807) is 48.5 Å². The summed E-state index contributed by atoms with van der Waals surface area (Å²) in [5, 5.41) is 41.8. The number of carbonyl (C=O) groups excluding carboxylic acids is 1. The lowest BCUT2D eigenvalue weighted by molar-refractivity contribution is 0.0693. The molecule has 0 aliphatic carbocycles. The Bertz CT molecular complexity index is 1370. The van der Waals surface area contributed by atoms with E-state index in [0.717, 1.165) is 0 Å². The van der Waals surface area contributed by atoms with Gasteiger partial charge < -0.3 is 20.6 Å². The molecule has 0 spiro atoms. The molecule has 32 heavy (non-hydrogen) atoms. The summed E-state index contributed by atoms with van der Waals surface area (Å²) < 4.78 is 0. The van der Waals surface area contributed by atoms with Gasteiger partial charge in [0.1, 0.15) is 22.7 Å². The zero-order valence-corrected chi connectivity index (χ0v) is 16.6. The predicted molar refractivity (Wildman–Crippen MR) is 119 cm³/mol. The number of carboxylic acid groups (broad SMARTS) is 1. The average Bonchev–Trinajstić information content (AvgIpc) is 2.79. The third-order valence-electron chi connectivity index (χ3n) is 4.75. The quantitative estimate of drug-likeness (QED) is 0.307. The van der Waals surface area contributed by atoms with Gasteiger partial charge in [-0.25, -0.2) is 4.79 Å². The van der Waals surface area contributed by atoms with Gasteiger partial charge in [0.15, 0.2) is 5.75 Å². The Balaban J connectivity index is 1.72. The Morgan fingerprint density at radius 2 is 1.53 bits per heavy atom. The highest BCUT2D eigenvalue weighted by Crippen LogP contribution is 2.40. The molecule has 0 unspecified atom stereocenters. The fraction of sp³-hybridized carbons (Fsp3) is 0. The van der Waals surface area contributed by atoms with Gasteiger partial charge >= 0.3 is 5.97 Å². The fourth-order valence-electron chi connectivity index (χ4n) is 3.16. The van der Waals surface area contributed by atoms with Crippen molar-refractivity contribution in [1.29, 1.82) is 0 Å². The molecule has 8 nitrogen and oxygen atoms in total. The number of benzene rings is 4. The molecule has 1 amide bonds. The maximum atomic E-state index is 12.5. The van der Waals surface area contributed by atoms with E-state index in [1.807, 2.05) is 6.07 Å². The SMILES string of the molecule is O=C(Nc1ccccc1)c1ccc(O)c(N=Nc2c(O)c(C(=O)O)cc3ccccc23)c1. The molecular weight excluding hydrogens is 410 g/mol. The van der Waals surface area contributed by atoms with Gasteiger partial charge in [0.2, 0.25) is 0 Å². The largest absolute Gasteiger partial charge is 0.506 e. The number of aromatic hydroxyl groups is 2. The second-order valence-corrected chi connectivity index (χ2v) is 6.87. The minimum Gasteiger partial charge on any atom is -0.506 e. The van der Waals surface area contributed by atoms with Crippen LogP contribution in [0.25, 0.3) is 10.8 Å². The van der Waals surface area contributed by atoms with Crippen LogP contribution in [-0.4, -0.2) is 27.2 Å². The van der Waals surface area contributed by atoms with Crippen molar-refractivity contribution in [2.24, 2.45) is 10.2 Å². The molecule has 0 heterocycles. The van der Waals surface area contributed by atoms with E-state index < -0.39 is 17.6 Å². The zero-order valence-electron chi connectivity index (χ0n) is 16.6. The van der Waals surface area contributed by atoms with Crippen molar-refractivity contribution in [2.75, 3.05) is 5.32 Å². The van der Waals surface area contributed by atoms with Crippen molar-refractivity contribution in [3.63, 3.8) is 0 Å². The Kier molecular flexibility index (Phi) is 5.50. The second-order valence-electron chi connectivity index (χ2n) is 6.87. The van der Waals surface area contributed by atoms with Crippen molar-refractivity contribution in [3.05, 3.63) is 90.0 Å². The van der Waals surface area contributed by atoms with E-state index in [0.29, 0.717) is 16.5 Å². The van der Waals surface area contributed by atoms with Gasteiger partial charge in [0.25, 0.3) is 5.91 Å². The standard InChI is InChI=1S/C24H17N3O5/c28-20-11-10-15(23(30)25-16-7-2-1-3-8-16)13-19(20)26-27-21-17-9-5-4-6-14(17)12-18(22(21)29)24(31)32/h1-13,28-29H,(H,25,30)(H,31,32). The molecule has 0 fully saturated rings. The number of rotatable bonds is 5. The van der Waals surface area contributed by atoms with E-state index in [1.165, 1.54) is 24.3 Å². The van der Waals surface area contributed by atoms with Gasteiger partial charge in [-0.2, -0.15) is 0 Å². The van der Waals surface area contributed by atoms with Crippen molar-refractivity contribution < 1.29 is 24.9 Å². The van der Waals surface area contributed by atoms with Gasteiger partial charge in [-0.1, -0.05) is 42.5 Å².